The first-order chi connectivity index (χ1) is 11.5. The lowest BCUT2D eigenvalue weighted by Gasteiger charge is -2.03. The van der Waals surface area contributed by atoms with Crippen molar-refractivity contribution in [3.8, 4) is 11.3 Å². The molecule has 2 heterocycles. The average molecular weight is 345 g/mol. The minimum Gasteiger partial charge on any atom is -0.459 e. The van der Waals surface area contributed by atoms with Crippen molar-refractivity contribution < 1.29 is 13.7 Å². The number of carbonyl (C=O) groups is 1. The molecule has 5 nitrogen and oxygen atoms in total. The number of hydrogen-bond acceptors (Lipinski definition) is 4. The Bertz CT molecular complexity index is 830. The molecule has 124 valence electrons. The smallest absolute Gasteiger partial charge is 0.225 e. The van der Waals surface area contributed by atoms with Crippen LogP contribution < -0.4 is 5.32 Å². The third-order valence-electron chi connectivity index (χ3n) is 3.77. The molecular weight excluding hydrogens is 328 g/mol. The molecule has 0 atom stereocenters. The lowest BCUT2D eigenvalue weighted by atomic mass is 10.1. The average Bonchev–Trinajstić information content (AvgIpc) is 3.16. The molecule has 0 spiro atoms. The summed E-state index contributed by atoms with van der Waals surface area (Å²) in [4.78, 5) is 12.1. The van der Waals surface area contributed by atoms with E-state index in [4.69, 9.17) is 20.5 Å². The molecule has 0 saturated heterocycles. The molecule has 3 aromatic rings. The number of halogens is 1. The van der Waals surface area contributed by atoms with E-state index in [0.717, 1.165) is 22.6 Å². The van der Waals surface area contributed by atoms with Crippen molar-refractivity contribution in [3.63, 3.8) is 0 Å². The first-order valence-electron chi connectivity index (χ1n) is 7.56. The summed E-state index contributed by atoms with van der Waals surface area (Å²) >= 11 is 5.88. The van der Waals surface area contributed by atoms with E-state index < -0.39 is 0 Å². The molecule has 24 heavy (non-hydrogen) atoms. The molecule has 6 heteroatoms. The number of carbonyl (C=O) groups excluding carboxylic acids is 1. The zero-order valence-corrected chi connectivity index (χ0v) is 14.2. The van der Waals surface area contributed by atoms with Crippen LogP contribution in [0.25, 0.3) is 11.3 Å². The van der Waals surface area contributed by atoms with Crippen LogP contribution in [-0.2, 0) is 17.8 Å². The summed E-state index contributed by atoms with van der Waals surface area (Å²) in [5.41, 5.74) is 2.51. The highest BCUT2D eigenvalue weighted by Gasteiger charge is 2.13. The molecule has 0 radical (unpaired) electrons. The lowest BCUT2D eigenvalue weighted by molar-refractivity contribution is -0.120. The summed E-state index contributed by atoms with van der Waals surface area (Å²) in [6, 6.07) is 11.1. The molecule has 0 unspecified atom stereocenters. The van der Waals surface area contributed by atoms with Crippen LogP contribution in [0.4, 0.5) is 0 Å². The number of furan rings is 1. The number of hydrogen-bond donors (Lipinski definition) is 1. The zero-order chi connectivity index (χ0) is 17.1. The summed E-state index contributed by atoms with van der Waals surface area (Å²) in [7, 11) is 0. The predicted octanol–water partition coefficient (Wildman–Crippen LogP) is 4.06. The number of aromatic nitrogens is 1. The fourth-order valence-corrected chi connectivity index (χ4v) is 2.53. The first kappa shape index (κ1) is 16.3. The summed E-state index contributed by atoms with van der Waals surface area (Å²) in [6.07, 6.45) is 0.242. The Labute approximate surface area is 144 Å². The quantitative estimate of drug-likeness (QED) is 0.757. The maximum atomic E-state index is 12.1. The Morgan fingerprint density at radius 3 is 2.58 bits per heavy atom. The van der Waals surface area contributed by atoms with Crippen molar-refractivity contribution in [2.45, 2.75) is 26.8 Å². The molecule has 1 amide bonds. The molecule has 0 aliphatic rings. The minimum atomic E-state index is -0.103. The zero-order valence-electron chi connectivity index (χ0n) is 13.4. The Balaban J connectivity index is 1.59. The van der Waals surface area contributed by atoms with E-state index in [9.17, 15) is 4.79 Å². The highest BCUT2D eigenvalue weighted by atomic mass is 35.5. The number of aryl methyl sites for hydroxylation is 2. The largest absolute Gasteiger partial charge is 0.459 e. The monoisotopic (exact) mass is 344 g/mol. The second-order valence-corrected chi connectivity index (χ2v) is 5.97. The highest BCUT2D eigenvalue weighted by Crippen LogP contribution is 2.23. The van der Waals surface area contributed by atoms with Gasteiger partial charge in [-0.2, -0.15) is 0 Å². The topological polar surface area (TPSA) is 68.3 Å². The number of amides is 1. The Morgan fingerprint density at radius 2 is 1.92 bits per heavy atom. The molecule has 1 aromatic carbocycles. The van der Waals surface area contributed by atoms with Gasteiger partial charge >= 0.3 is 0 Å². The maximum Gasteiger partial charge on any atom is 0.225 e. The summed E-state index contributed by atoms with van der Waals surface area (Å²) in [6.45, 7) is 3.95. The molecule has 0 aliphatic heterocycles. The van der Waals surface area contributed by atoms with E-state index in [1.807, 2.05) is 43.3 Å². The van der Waals surface area contributed by atoms with Crippen molar-refractivity contribution in [1.29, 1.82) is 0 Å². The summed E-state index contributed by atoms with van der Waals surface area (Å²) in [5.74, 6) is 1.99. The standard InChI is InChI=1S/C18H17ClN2O3/c1-11-16(12(2)24-21-11)9-18(22)20-10-15-7-8-17(23-15)13-3-5-14(19)6-4-13/h3-8H,9-10H2,1-2H3,(H,20,22). The molecule has 0 bridgehead atoms. The van der Waals surface area contributed by atoms with Gasteiger partial charge in [0, 0.05) is 16.1 Å². The molecule has 0 aliphatic carbocycles. The van der Waals surface area contributed by atoms with Crippen LogP contribution >= 0.6 is 11.6 Å². The molecular formula is C18H17ClN2O3. The minimum absolute atomic E-state index is 0.103. The van der Waals surface area contributed by atoms with E-state index in [1.54, 1.807) is 6.92 Å². The van der Waals surface area contributed by atoms with Gasteiger partial charge in [0.1, 0.15) is 17.3 Å². The molecule has 0 saturated carbocycles. The van der Waals surface area contributed by atoms with E-state index in [1.165, 1.54) is 0 Å². The van der Waals surface area contributed by atoms with Crippen LogP contribution in [-0.4, -0.2) is 11.1 Å². The SMILES string of the molecule is Cc1noc(C)c1CC(=O)NCc1ccc(-c2ccc(Cl)cc2)o1. The van der Waals surface area contributed by atoms with E-state index in [-0.39, 0.29) is 12.3 Å². The Hall–Kier alpha value is -2.53. The lowest BCUT2D eigenvalue weighted by Crippen LogP contribution is -2.24. The number of rotatable bonds is 5. The van der Waals surface area contributed by atoms with Crippen LogP contribution in [0, 0.1) is 13.8 Å². The van der Waals surface area contributed by atoms with E-state index in [0.29, 0.717) is 23.1 Å². The molecule has 2 aromatic heterocycles. The summed E-state index contributed by atoms with van der Waals surface area (Å²) in [5, 5.41) is 7.37. The number of nitrogens with one attached hydrogen (secondary N) is 1. The van der Waals surface area contributed by atoms with Gasteiger partial charge in [0.15, 0.2) is 0 Å². The van der Waals surface area contributed by atoms with Crippen molar-refractivity contribution in [2.75, 3.05) is 0 Å². The third-order valence-corrected chi connectivity index (χ3v) is 4.02. The van der Waals surface area contributed by atoms with Crippen molar-refractivity contribution >= 4 is 17.5 Å². The van der Waals surface area contributed by atoms with Crippen LogP contribution in [0.1, 0.15) is 22.8 Å². The number of benzene rings is 1. The first-order valence-corrected chi connectivity index (χ1v) is 7.94. The van der Waals surface area contributed by atoms with E-state index >= 15 is 0 Å². The van der Waals surface area contributed by atoms with Crippen LogP contribution in [0.5, 0.6) is 0 Å². The molecule has 3 rings (SSSR count). The van der Waals surface area contributed by atoms with Gasteiger partial charge < -0.3 is 14.3 Å². The number of nitrogens with zero attached hydrogens (tertiary/aromatic N) is 1. The van der Waals surface area contributed by atoms with Crippen LogP contribution in [0.15, 0.2) is 45.3 Å². The van der Waals surface area contributed by atoms with Crippen molar-refractivity contribution in [2.24, 2.45) is 0 Å². The van der Waals surface area contributed by atoms with Gasteiger partial charge in [0.2, 0.25) is 5.91 Å². The van der Waals surface area contributed by atoms with Crippen molar-refractivity contribution in [3.05, 3.63) is 64.2 Å². The maximum absolute atomic E-state index is 12.1. The van der Waals surface area contributed by atoms with Crippen LogP contribution in [0.3, 0.4) is 0 Å². The predicted molar refractivity (Wildman–Crippen MR) is 90.7 cm³/mol. The fourth-order valence-electron chi connectivity index (χ4n) is 2.41. The second-order valence-electron chi connectivity index (χ2n) is 5.53. The van der Waals surface area contributed by atoms with Gasteiger partial charge in [0.25, 0.3) is 0 Å². The van der Waals surface area contributed by atoms with E-state index in [2.05, 4.69) is 10.5 Å². The highest BCUT2D eigenvalue weighted by molar-refractivity contribution is 6.30. The van der Waals surface area contributed by atoms with Crippen LogP contribution in [0.2, 0.25) is 5.02 Å². The fraction of sp³-hybridized carbons (Fsp3) is 0.222. The molecule has 1 N–H and O–H groups in total. The van der Waals surface area contributed by atoms with Gasteiger partial charge in [-0.25, -0.2) is 0 Å². The van der Waals surface area contributed by atoms with Gasteiger partial charge in [-0.05, 0) is 50.2 Å². The molecule has 0 fully saturated rings. The van der Waals surface area contributed by atoms with Crippen molar-refractivity contribution in [1.82, 2.24) is 10.5 Å². The van der Waals surface area contributed by atoms with Gasteiger partial charge in [0.05, 0.1) is 18.7 Å². The Morgan fingerprint density at radius 1 is 1.17 bits per heavy atom. The second kappa shape index (κ2) is 6.93. The van der Waals surface area contributed by atoms with Gasteiger partial charge in [-0.15, -0.1) is 0 Å². The Kier molecular flexibility index (Phi) is 4.71. The van der Waals surface area contributed by atoms with Gasteiger partial charge in [-0.3, -0.25) is 4.79 Å². The normalized spacial score (nSPS) is 10.8. The van der Waals surface area contributed by atoms with Gasteiger partial charge in [-0.1, -0.05) is 16.8 Å². The summed E-state index contributed by atoms with van der Waals surface area (Å²) < 4.78 is 10.8. The third kappa shape index (κ3) is 3.68.